The van der Waals surface area contributed by atoms with Gasteiger partial charge in [-0.15, -0.1) is 0 Å². The lowest BCUT2D eigenvalue weighted by atomic mass is 10.1. The third-order valence-corrected chi connectivity index (χ3v) is 3.32. The van der Waals surface area contributed by atoms with Crippen LogP contribution in [0.5, 0.6) is 0 Å². The van der Waals surface area contributed by atoms with Crippen LogP contribution in [-0.4, -0.2) is 23.9 Å². The van der Waals surface area contributed by atoms with Gasteiger partial charge in [0.25, 0.3) is 0 Å². The molecule has 0 heterocycles. The highest BCUT2D eigenvalue weighted by Gasteiger charge is 2.16. The molecule has 0 bridgehead atoms. The Morgan fingerprint density at radius 1 is 1.05 bits per heavy atom. The van der Waals surface area contributed by atoms with Crippen LogP contribution in [0.3, 0.4) is 0 Å². The van der Waals surface area contributed by atoms with Crippen molar-refractivity contribution in [2.75, 3.05) is 13.1 Å². The normalized spacial score (nSPS) is 11.1. The molecule has 0 saturated carbocycles. The van der Waals surface area contributed by atoms with E-state index in [1.807, 2.05) is 29.2 Å². The summed E-state index contributed by atoms with van der Waals surface area (Å²) in [5.41, 5.74) is 1.07. The largest absolute Gasteiger partial charge is 0.342 e. The van der Waals surface area contributed by atoms with Gasteiger partial charge in [0.05, 0.1) is 6.42 Å². The maximum Gasteiger partial charge on any atom is 0.227 e. The lowest BCUT2D eigenvalue weighted by Crippen LogP contribution is -2.37. The molecule has 0 aliphatic heterocycles. The van der Waals surface area contributed by atoms with Gasteiger partial charge in [0.1, 0.15) is 0 Å². The Balaban J connectivity index is 2.67. The molecular formula is C16H24BrNO. The highest BCUT2D eigenvalue weighted by molar-refractivity contribution is 9.10. The molecule has 0 saturated heterocycles. The van der Waals surface area contributed by atoms with Gasteiger partial charge in [-0.3, -0.25) is 4.79 Å². The van der Waals surface area contributed by atoms with Crippen molar-refractivity contribution >= 4 is 21.8 Å². The van der Waals surface area contributed by atoms with Gasteiger partial charge in [0.2, 0.25) is 5.91 Å². The molecule has 0 spiro atoms. The van der Waals surface area contributed by atoms with E-state index in [0.29, 0.717) is 18.3 Å². The molecular weight excluding hydrogens is 302 g/mol. The van der Waals surface area contributed by atoms with Crippen molar-refractivity contribution in [3.8, 4) is 0 Å². The number of halogens is 1. The molecule has 0 aromatic heterocycles. The molecule has 19 heavy (non-hydrogen) atoms. The minimum absolute atomic E-state index is 0.227. The van der Waals surface area contributed by atoms with E-state index in [1.165, 1.54) is 0 Å². The molecule has 0 atom stereocenters. The number of nitrogens with zero attached hydrogens (tertiary/aromatic N) is 1. The molecule has 2 nitrogen and oxygen atoms in total. The van der Waals surface area contributed by atoms with Crippen molar-refractivity contribution in [2.45, 2.75) is 34.1 Å². The van der Waals surface area contributed by atoms with Crippen LogP contribution in [0.25, 0.3) is 0 Å². The first-order valence-electron chi connectivity index (χ1n) is 6.90. The average molecular weight is 326 g/mol. The van der Waals surface area contributed by atoms with Gasteiger partial charge >= 0.3 is 0 Å². The molecule has 1 aromatic rings. The monoisotopic (exact) mass is 325 g/mol. The Labute approximate surface area is 125 Å². The van der Waals surface area contributed by atoms with Crippen molar-refractivity contribution in [2.24, 2.45) is 11.8 Å². The summed E-state index contributed by atoms with van der Waals surface area (Å²) in [4.78, 5) is 14.4. The summed E-state index contributed by atoms with van der Waals surface area (Å²) in [5, 5.41) is 0. The van der Waals surface area contributed by atoms with Crippen LogP contribution in [0, 0.1) is 11.8 Å². The van der Waals surface area contributed by atoms with E-state index >= 15 is 0 Å². The van der Waals surface area contributed by atoms with Crippen molar-refractivity contribution in [1.82, 2.24) is 4.90 Å². The van der Waals surface area contributed by atoms with Crippen LogP contribution in [0.2, 0.25) is 0 Å². The second-order valence-corrected chi connectivity index (χ2v) is 6.81. The van der Waals surface area contributed by atoms with Crippen molar-refractivity contribution in [3.05, 3.63) is 34.3 Å². The van der Waals surface area contributed by atoms with E-state index in [2.05, 4.69) is 43.6 Å². The van der Waals surface area contributed by atoms with E-state index in [4.69, 9.17) is 0 Å². The summed E-state index contributed by atoms with van der Waals surface area (Å²) in [7, 11) is 0. The quantitative estimate of drug-likeness (QED) is 0.770. The molecule has 106 valence electrons. The van der Waals surface area contributed by atoms with Crippen LogP contribution in [0.4, 0.5) is 0 Å². The maximum atomic E-state index is 12.4. The lowest BCUT2D eigenvalue weighted by molar-refractivity contribution is -0.131. The van der Waals surface area contributed by atoms with Gasteiger partial charge in [-0.05, 0) is 29.5 Å². The van der Waals surface area contributed by atoms with E-state index in [1.54, 1.807) is 0 Å². The van der Waals surface area contributed by atoms with E-state index < -0.39 is 0 Å². The molecule has 0 unspecified atom stereocenters. The van der Waals surface area contributed by atoms with Crippen LogP contribution in [0.1, 0.15) is 33.3 Å². The molecule has 1 rings (SSSR count). The molecule has 0 aliphatic rings. The number of amides is 1. The molecule has 0 radical (unpaired) electrons. The Morgan fingerprint density at radius 2 is 1.53 bits per heavy atom. The molecule has 1 amide bonds. The number of rotatable bonds is 6. The Hall–Kier alpha value is -0.830. The number of carbonyl (C=O) groups excluding carboxylic acids is 1. The van der Waals surface area contributed by atoms with Crippen LogP contribution < -0.4 is 0 Å². The van der Waals surface area contributed by atoms with Gasteiger partial charge in [-0.1, -0.05) is 55.8 Å². The summed E-state index contributed by atoms with van der Waals surface area (Å²) in [6.07, 6.45) is 0.493. The molecule has 0 aliphatic carbocycles. The summed E-state index contributed by atoms with van der Waals surface area (Å²) in [6.45, 7) is 10.3. The second kappa shape index (κ2) is 7.68. The zero-order valence-electron chi connectivity index (χ0n) is 12.3. The van der Waals surface area contributed by atoms with Gasteiger partial charge in [-0.25, -0.2) is 0 Å². The smallest absolute Gasteiger partial charge is 0.227 e. The highest BCUT2D eigenvalue weighted by Crippen LogP contribution is 2.13. The zero-order chi connectivity index (χ0) is 14.4. The summed E-state index contributed by atoms with van der Waals surface area (Å²) >= 11 is 3.41. The Morgan fingerprint density at radius 3 is 1.95 bits per heavy atom. The minimum Gasteiger partial charge on any atom is -0.342 e. The molecule has 1 aromatic carbocycles. The minimum atomic E-state index is 0.227. The highest BCUT2D eigenvalue weighted by atomic mass is 79.9. The van der Waals surface area contributed by atoms with E-state index in [0.717, 1.165) is 23.1 Å². The predicted molar refractivity (Wildman–Crippen MR) is 84.1 cm³/mol. The van der Waals surface area contributed by atoms with Crippen LogP contribution in [-0.2, 0) is 11.2 Å². The average Bonchev–Trinajstić information content (AvgIpc) is 2.30. The number of benzene rings is 1. The standard InChI is InChI=1S/C16H24BrNO/c1-12(2)10-18(11-13(3)4)16(19)9-14-5-7-15(17)8-6-14/h5-8,12-13H,9-11H2,1-4H3. The first-order valence-corrected chi connectivity index (χ1v) is 7.70. The predicted octanol–water partition coefficient (Wildman–Crippen LogP) is 4.13. The van der Waals surface area contributed by atoms with Gasteiger partial charge < -0.3 is 4.90 Å². The SMILES string of the molecule is CC(C)CN(CC(C)C)C(=O)Cc1ccc(Br)cc1. The molecule has 3 heteroatoms. The number of hydrogen-bond acceptors (Lipinski definition) is 1. The first-order chi connectivity index (χ1) is 8.88. The molecule has 0 N–H and O–H groups in total. The second-order valence-electron chi connectivity index (χ2n) is 5.89. The molecule has 0 fully saturated rings. The Bertz CT molecular complexity index is 388. The third-order valence-electron chi connectivity index (χ3n) is 2.79. The fraction of sp³-hybridized carbons (Fsp3) is 0.562. The first kappa shape index (κ1) is 16.2. The summed E-state index contributed by atoms with van der Waals surface area (Å²) in [6, 6.07) is 7.98. The topological polar surface area (TPSA) is 20.3 Å². The number of carbonyl (C=O) groups is 1. The lowest BCUT2D eigenvalue weighted by Gasteiger charge is -2.26. The van der Waals surface area contributed by atoms with Gasteiger partial charge in [0, 0.05) is 17.6 Å². The van der Waals surface area contributed by atoms with Crippen molar-refractivity contribution < 1.29 is 4.79 Å². The summed E-state index contributed by atoms with van der Waals surface area (Å²) in [5.74, 6) is 1.24. The Kier molecular flexibility index (Phi) is 6.56. The zero-order valence-corrected chi connectivity index (χ0v) is 13.9. The summed E-state index contributed by atoms with van der Waals surface area (Å²) < 4.78 is 1.05. The number of hydrogen-bond donors (Lipinski definition) is 0. The fourth-order valence-corrected chi connectivity index (χ4v) is 2.31. The van der Waals surface area contributed by atoms with E-state index in [-0.39, 0.29) is 5.91 Å². The van der Waals surface area contributed by atoms with Crippen molar-refractivity contribution in [1.29, 1.82) is 0 Å². The van der Waals surface area contributed by atoms with Crippen molar-refractivity contribution in [3.63, 3.8) is 0 Å². The van der Waals surface area contributed by atoms with Crippen LogP contribution >= 0.6 is 15.9 Å². The van der Waals surface area contributed by atoms with E-state index in [9.17, 15) is 4.79 Å². The van der Waals surface area contributed by atoms with Crippen LogP contribution in [0.15, 0.2) is 28.7 Å². The van der Waals surface area contributed by atoms with Gasteiger partial charge in [-0.2, -0.15) is 0 Å². The maximum absolute atomic E-state index is 12.4. The third kappa shape index (κ3) is 6.24. The fourth-order valence-electron chi connectivity index (χ4n) is 2.05. The van der Waals surface area contributed by atoms with Gasteiger partial charge in [0.15, 0.2) is 0 Å².